The number of hydrogen-bond donors (Lipinski definition) is 1. The molecule has 3 rings (SSSR count). The third-order valence-corrected chi connectivity index (χ3v) is 5.01. The molecule has 0 unspecified atom stereocenters. The molecule has 1 saturated carbocycles. The number of carbonyl (C=O) groups is 1. The molecule has 1 atom stereocenters. The minimum absolute atomic E-state index is 0.0219. The van der Waals surface area contributed by atoms with Crippen LogP contribution in [0.4, 0.5) is 0 Å². The molecule has 0 saturated heterocycles. The minimum atomic E-state index is -1.60. The summed E-state index contributed by atoms with van der Waals surface area (Å²) in [5.41, 5.74) is -0.999. The van der Waals surface area contributed by atoms with E-state index >= 15 is 0 Å². The summed E-state index contributed by atoms with van der Waals surface area (Å²) in [6.45, 7) is 0.706. The van der Waals surface area contributed by atoms with Crippen LogP contribution >= 0.6 is 0 Å². The first-order valence-corrected chi connectivity index (χ1v) is 9.17. The summed E-state index contributed by atoms with van der Waals surface area (Å²) in [5.74, 6) is 0.687. The van der Waals surface area contributed by atoms with Crippen molar-refractivity contribution in [3.8, 4) is 0 Å². The molecule has 1 aromatic carbocycles. The zero-order valence-corrected chi connectivity index (χ0v) is 15.5. The maximum Gasteiger partial charge on any atom is 0.343 e. The molecule has 1 heterocycles. The summed E-state index contributed by atoms with van der Waals surface area (Å²) >= 11 is 0. The topological polar surface area (TPSA) is 62.9 Å². The highest BCUT2D eigenvalue weighted by Crippen LogP contribution is 2.41. The van der Waals surface area contributed by atoms with Gasteiger partial charge in [0.15, 0.2) is 5.60 Å². The van der Waals surface area contributed by atoms with Crippen LogP contribution in [0, 0.1) is 5.92 Å². The quantitative estimate of drug-likeness (QED) is 0.769. The van der Waals surface area contributed by atoms with Crippen LogP contribution in [0.25, 0.3) is 0 Å². The van der Waals surface area contributed by atoms with Crippen molar-refractivity contribution in [2.24, 2.45) is 5.92 Å². The van der Waals surface area contributed by atoms with Gasteiger partial charge < -0.3 is 19.2 Å². The van der Waals surface area contributed by atoms with E-state index in [4.69, 9.17) is 9.15 Å². The SMILES string of the molecule is CN(C)Cc1ccc(COC(=O)[C@@](O)(c2ccccc2)C2CCCC2)o1. The van der Waals surface area contributed by atoms with Crippen molar-refractivity contribution in [1.82, 2.24) is 4.90 Å². The van der Waals surface area contributed by atoms with E-state index in [0.717, 1.165) is 31.4 Å². The first-order valence-electron chi connectivity index (χ1n) is 9.17. The van der Waals surface area contributed by atoms with Crippen molar-refractivity contribution in [2.45, 2.75) is 44.4 Å². The van der Waals surface area contributed by atoms with Gasteiger partial charge in [-0.1, -0.05) is 43.2 Å². The number of esters is 1. The van der Waals surface area contributed by atoms with E-state index in [-0.39, 0.29) is 12.5 Å². The van der Waals surface area contributed by atoms with E-state index in [2.05, 4.69) is 0 Å². The molecule has 0 amide bonds. The molecule has 1 aliphatic rings. The first kappa shape index (κ1) is 18.7. The fourth-order valence-corrected chi connectivity index (χ4v) is 3.70. The smallest absolute Gasteiger partial charge is 0.343 e. The number of hydrogen-bond acceptors (Lipinski definition) is 5. The number of benzene rings is 1. The van der Waals surface area contributed by atoms with Gasteiger partial charge in [0.05, 0.1) is 6.54 Å². The Morgan fingerprint density at radius 3 is 2.46 bits per heavy atom. The van der Waals surface area contributed by atoms with Crippen molar-refractivity contribution < 1.29 is 19.1 Å². The molecule has 1 aromatic heterocycles. The second kappa shape index (κ2) is 8.06. The molecule has 0 bridgehead atoms. The third-order valence-electron chi connectivity index (χ3n) is 5.01. The van der Waals surface area contributed by atoms with Gasteiger partial charge in [0, 0.05) is 5.92 Å². The summed E-state index contributed by atoms with van der Waals surface area (Å²) in [5, 5.41) is 11.3. The van der Waals surface area contributed by atoms with Gasteiger partial charge >= 0.3 is 5.97 Å². The van der Waals surface area contributed by atoms with Gasteiger partial charge in [-0.25, -0.2) is 4.79 Å². The molecule has 0 aliphatic heterocycles. The number of furan rings is 1. The highest BCUT2D eigenvalue weighted by atomic mass is 16.6. The Balaban J connectivity index is 1.73. The largest absolute Gasteiger partial charge is 0.461 e. The maximum atomic E-state index is 12.9. The first-order chi connectivity index (χ1) is 12.5. The lowest BCUT2D eigenvalue weighted by Crippen LogP contribution is -2.43. The number of rotatable bonds is 7. The van der Waals surface area contributed by atoms with Gasteiger partial charge in [0.1, 0.15) is 18.1 Å². The molecule has 1 N–H and O–H groups in total. The molecule has 140 valence electrons. The zero-order valence-electron chi connectivity index (χ0n) is 15.5. The van der Waals surface area contributed by atoms with Gasteiger partial charge in [-0.3, -0.25) is 0 Å². The zero-order chi connectivity index (χ0) is 18.6. The molecule has 26 heavy (non-hydrogen) atoms. The molecule has 1 aliphatic carbocycles. The molecule has 0 radical (unpaired) electrons. The third kappa shape index (κ3) is 4.00. The number of aliphatic hydroxyl groups is 1. The van der Waals surface area contributed by atoms with E-state index in [9.17, 15) is 9.90 Å². The lowest BCUT2D eigenvalue weighted by atomic mass is 9.80. The highest BCUT2D eigenvalue weighted by Gasteiger charge is 2.47. The predicted octanol–water partition coefficient (Wildman–Crippen LogP) is 3.46. The number of carbonyl (C=O) groups excluding carboxylic acids is 1. The van der Waals surface area contributed by atoms with Crippen LogP contribution in [0.3, 0.4) is 0 Å². The average molecular weight is 357 g/mol. The average Bonchev–Trinajstić information content (AvgIpc) is 3.31. The van der Waals surface area contributed by atoms with Crippen LogP contribution in [-0.4, -0.2) is 30.1 Å². The second-order valence-electron chi connectivity index (χ2n) is 7.30. The Morgan fingerprint density at radius 2 is 1.81 bits per heavy atom. The van der Waals surface area contributed by atoms with Crippen molar-refractivity contribution in [3.63, 3.8) is 0 Å². The second-order valence-corrected chi connectivity index (χ2v) is 7.30. The van der Waals surface area contributed by atoms with E-state index in [1.165, 1.54) is 0 Å². The van der Waals surface area contributed by atoms with E-state index in [1.807, 2.05) is 49.3 Å². The Kier molecular flexibility index (Phi) is 5.79. The van der Waals surface area contributed by atoms with E-state index < -0.39 is 11.6 Å². The van der Waals surface area contributed by atoms with Crippen LogP contribution in [0.2, 0.25) is 0 Å². The summed E-state index contributed by atoms with van der Waals surface area (Å²) in [7, 11) is 3.92. The summed E-state index contributed by atoms with van der Waals surface area (Å²) in [6.07, 6.45) is 3.71. The van der Waals surface area contributed by atoms with Crippen molar-refractivity contribution in [1.29, 1.82) is 0 Å². The molecule has 5 nitrogen and oxygen atoms in total. The van der Waals surface area contributed by atoms with Crippen LogP contribution in [0.5, 0.6) is 0 Å². The van der Waals surface area contributed by atoms with Gasteiger partial charge in [-0.2, -0.15) is 0 Å². The summed E-state index contributed by atoms with van der Waals surface area (Å²) < 4.78 is 11.2. The van der Waals surface area contributed by atoms with Crippen LogP contribution in [0.15, 0.2) is 46.9 Å². The maximum absolute atomic E-state index is 12.9. The van der Waals surface area contributed by atoms with Gasteiger partial charge in [-0.15, -0.1) is 0 Å². The standard InChI is InChI=1S/C21H27NO4/c1-22(2)14-18-12-13-19(26-18)15-25-20(23)21(24,17-10-6-7-11-17)16-8-4-3-5-9-16/h3-5,8-9,12-13,17,24H,6-7,10-11,14-15H2,1-2H3/t21-/m1/s1. The monoisotopic (exact) mass is 357 g/mol. The van der Waals surface area contributed by atoms with Crippen molar-refractivity contribution in [3.05, 3.63) is 59.5 Å². The molecule has 2 aromatic rings. The Labute approximate surface area is 154 Å². The number of ether oxygens (including phenoxy) is 1. The lowest BCUT2D eigenvalue weighted by molar-refractivity contribution is -0.175. The predicted molar refractivity (Wildman–Crippen MR) is 98.2 cm³/mol. The summed E-state index contributed by atoms with van der Waals surface area (Å²) in [4.78, 5) is 14.9. The Bertz CT molecular complexity index is 719. The lowest BCUT2D eigenvalue weighted by Gasteiger charge is -2.32. The van der Waals surface area contributed by atoms with E-state index in [1.54, 1.807) is 12.1 Å². The highest BCUT2D eigenvalue weighted by molar-refractivity contribution is 5.81. The van der Waals surface area contributed by atoms with Gasteiger partial charge in [0.25, 0.3) is 0 Å². The van der Waals surface area contributed by atoms with Gasteiger partial charge in [0.2, 0.25) is 0 Å². The summed E-state index contributed by atoms with van der Waals surface area (Å²) in [6, 6.07) is 12.8. The van der Waals surface area contributed by atoms with Crippen LogP contribution < -0.4 is 0 Å². The normalized spacial score (nSPS) is 17.4. The Hall–Kier alpha value is -2.11. The van der Waals surface area contributed by atoms with Crippen molar-refractivity contribution in [2.75, 3.05) is 14.1 Å². The van der Waals surface area contributed by atoms with E-state index in [0.29, 0.717) is 17.9 Å². The molecular formula is C21H27NO4. The fraction of sp³-hybridized carbons (Fsp3) is 0.476. The Morgan fingerprint density at radius 1 is 1.15 bits per heavy atom. The molecule has 1 fully saturated rings. The number of nitrogens with zero attached hydrogens (tertiary/aromatic N) is 1. The van der Waals surface area contributed by atoms with Gasteiger partial charge in [-0.05, 0) is 44.6 Å². The van der Waals surface area contributed by atoms with Crippen molar-refractivity contribution >= 4 is 5.97 Å². The minimum Gasteiger partial charge on any atom is -0.461 e. The molecule has 0 spiro atoms. The fourth-order valence-electron chi connectivity index (χ4n) is 3.70. The van der Waals surface area contributed by atoms with Crippen LogP contribution in [-0.2, 0) is 28.3 Å². The molecule has 5 heteroatoms. The van der Waals surface area contributed by atoms with Crippen LogP contribution in [0.1, 0.15) is 42.8 Å². The molecular weight excluding hydrogens is 330 g/mol.